The number of anilines is 1. The van der Waals surface area contributed by atoms with Crippen molar-refractivity contribution in [2.45, 2.75) is 19.8 Å². The fourth-order valence-corrected chi connectivity index (χ4v) is 2.27. The molecule has 2 rings (SSSR count). The van der Waals surface area contributed by atoms with Crippen molar-refractivity contribution >= 4 is 28.1 Å². The van der Waals surface area contributed by atoms with Crippen molar-refractivity contribution in [3.8, 4) is 0 Å². The molecule has 1 N–H and O–H groups in total. The number of hydrogen-bond acceptors (Lipinski definition) is 5. The summed E-state index contributed by atoms with van der Waals surface area (Å²) in [4.78, 5) is 27.1. The normalized spacial score (nSPS) is 10.6. The highest BCUT2D eigenvalue weighted by molar-refractivity contribution is 7.15. The summed E-state index contributed by atoms with van der Waals surface area (Å²) >= 11 is 1.41. The molecule has 0 unspecified atom stereocenters. The third-order valence-electron chi connectivity index (χ3n) is 2.57. The van der Waals surface area contributed by atoms with Crippen LogP contribution in [-0.4, -0.2) is 15.8 Å². The highest BCUT2D eigenvalue weighted by Gasteiger charge is 2.12. The van der Waals surface area contributed by atoms with Gasteiger partial charge in [0.05, 0.1) is 11.0 Å². The molecule has 0 aliphatic heterocycles. The molecule has 0 saturated carbocycles. The zero-order chi connectivity index (χ0) is 14.7. The molecular formula is C13H12N3O3S. The molecule has 6 nitrogen and oxygen atoms in total. The molecule has 103 valence electrons. The summed E-state index contributed by atoms with van der Waals surface area (Å²) in [6.07, 6.45) is 1.73. The van der Waals surface area contributed by atoms with Crippen molar-refractivity contribution in [3.05, 3.63) is 51.0 Å². The average Bonchev–Trinajstić information content (AvgIpc) is 2.87. The molecule has 0 aliphatic carbocycles. The lowest BCUT2D eigenvalue weighted by molar-refractivity contribution is -0.385. The molecule has 2 aromatic rings. The standard InChI is InChI=1S/C13H12N3O3S/c1-8(2)11-7-14-13(20-11)15-12(17)9-3-5-10(6-4-9)16(18)19/h3-5,7-8H,1-2H3,(H,14,15,17). The number of nitrogens with zero attached hydrogens (tertiary/aromatic N) is 2. The minimum atomic E-state index is -0.558. The maximum atomic E-state index is 11.9. The van der Waals surface area contributed by atoms with E-state index >= 15 is 0 Å². The van der Waals surface area contributed by atoms with E-state index in [1.165, 1.54) is 29.5 Å². The molecule has 0 bridgehead atoms. The van der Waals surface area contributed by atoms with Gasteiger partial charge in [-0.3, -0.25) is 20.2 Å². The third kappa shape index (κ3) is 3.18. The molecule has 20 heavy (non-hydrogen) atoms. The van der Waals surface area contributed by atoms with Crippen LogP contribution < -0.4 is 5.32 Å². The van der Waals surface area contributed by atoms with Gasteiger partial charge in [0.1, 0.15) is 0 Å². The van der Waals surface area contributed by atoms with Gasteiger partial charge in [-0.25, -0.2) is 4.98 Å². The Kier molecular flexibility index (Phi) is 4.09. The molecule has 1 heterocycles. The number of benzene rings is 1. The lowest BCUT2D eigenvalue weighted by Crippen LogP contribution is -2.11. The summed E-state index contributed by atoms with van der Waals surface area (Å²) in [6, 6.07) is 6.38. The Morgan fingerprint density at radius 3 is 2.75 bits per heavy atom. The summed E-state index contributed by atoms with van der Waals surface area (Å²) in [5.41, 5.74) is 0.134. The highest BCUT2D eigenvalue weighted by atomic mass is 32.1. The van der Waals surface area contributed by atoms with Gasteiger partial charge in [0.25, 0.3) is 11.6 Å². The zero-order valence-electron chi connectivity index (χ0n) is 10.9. The Morgan fingerprint density at radius 1 is 1.50 bits per heavy atom. The predicted octanol–water partition coefficient (Wildman–Crippen LogP) is 3.23. The van der Waals surface area contributed by atoms with Gasteiger partial charge >= 0.3 is 0 Å². The van der Waals surface area contributed by atoms with Gasteiger partial charge in [-0.2, -0.15) is 0 Å². The Labute approximate surface area is 119 Å². The number of rotatable bonds is 4. The number of nitro benzene ring substituents is 1. The summed E-state index contributed by atoms with van der Waals surface area (Å²) in [6.45, 7) is 4.09. The summed E-state index contributed by atoms with van der Waals surface area (Å²) in [7, 11) is 0. The van der Waals surface area contributed by atoms with Gasteiger partial charge in [0.15, 0.2) is 5.13 Å². The Balaban J connectivity index is 2.09. The van der Waals surface area contributed by atoms with E-state index in [4.69, 9.17) is 0 Å². The van der Waals surface area contributed by atoms with E-state index in [1.54, 1.807) is 6.20 Å². The number of nitrogens with one attached hydrogen (secondary N) is 1. The summed E-state index contributed by atoms with van der Waals surface area (Å²) in [5, 5.41) is 13.7. The average molecular weight is 290 g/mol. The molecule has 1 aromatic carbocycles. The fourth-order valence-electron chi connectivity index (χ4n) is 1.45. The van der Waals surface area contributed by atoms with Crippen molar-refractivity contribution in [1.82, 2.24) is 4.98 Å². The van der Waals surface area contributed by atoms with Crippen LogP contribution in [0.4, 0.5) is 10.8 Å². The topological polar surface area (TPSA) is 85.1 Å². The van der Waals surface area contributed by atoms with Crippen molar-refractivity contribution in [1.29, 1.82) is 0 Å². The predicted molar refractivity (Wildman–Crippen MR) is 76.1 cm³/mol. The van der Waals surface area contributed by atoms with E-state index < -0.39 is 4.92 Å². The van der Waals surface area contributed by atoms with E-state index in [2.05, 4.69) is 16.4 Å². The molecule has 1 amide bonds. The Morgan fingerprint density at radius 2 is 2.25 bits per heavy atom. The number of thiazole rings is 1. The van der Waals surface area contributed by atoms with Crippen LogP contribution in [-0.2, 0) is 0 Å². The Bertz CT molecular complexity index is 635. The van der Waals surface area contributed by atoms with Crippen molar-refractivity contribution < 1.29 is 9.72 Å². The smallest absolute Gasteiger partial charge is 0.277 e. The van der Waals surface area contributed by atoms with Crippen molar-refractivity contribution in [2.75, 3.05) is 5.32 Å². The molecule has 0 fully saturated rings. The van der Waals surface area contributed by atoms with E-state index in [0.29, 0.717) is 16.6 Å². The number of aromatic nitrogens is 1. The fraction of sp³-hybridized carbons (Fsp3) is 0.231. The molecule has 0 aliphatic rings. The third-order valence-corrected chi connectivity index (χ3v) is 3.78. The lowest BCUT2D eigenvalue weighted by Gasteiger charge is -2.01. The van der Waals surface area contributed by atoms with Crippen LogP contribution in [0.5, 0.6) is 0 Å². The zero-order valence-corrected chi connectivity index (χ0v) is 11.7. The number of hydrogen-bond donors (Lipinski definition) is 1. The molecule has 7 heteroatoms. The van der Waals surface area contributed by atoms with Crippen LogP contribution in [0.2, 0.25) is 0 Å². The number of carbonyl (C=O) groups excluding carboxylic acids is 1. The maximum absolute atomic E-state index is 11.9. The van der Waals surface area contributed by atoms with Crippen molar-refractivity contribution in [2.24, 2.45) is 0 Å². The van der Waals surface area contributed by atoms with Gasteiger partial charge in [0.2, 0.25) is 0 Å². The number of amides is 1. The largest absolute Gasteiger partial charge is 0.298 e. The second-order valence-electron chi connectivity index (χ2n) is 4.40. The van der Waals surface area contributed by atoms with Gasteiger partial charge in [-0.05, 0) is 18.1 Å². The first kappa shape index (κ1) is 14.1. The highest BCUT2D eigenvalue weighted by Crippen LogP contribution is 2.25. The first-order chi connectivity index (χ1) is 9.47. The van der Waals surface area contributed by atoms with E-state index in [-0.39, 0.29) is 11.6 Å². The van der Waals surface area contributed by atoms with Crippen molar-refractivity contribution in [3.63, 3.8) is 0 Å². The minimum Gasteiger partial charge on any atom is -0.298 e. The summed E-state index contributed by atoms with van der Waals surface area (Å²) < 4.78 is 0. The number of non-ortho nitro benzene ring substituents is 1. The molecule has 0 spiro atoms. The molecule has 0 atom stereocenters. The summed E-state index contributed by atoms with van der Waals surface area (Å²) in [5.74, 6) is -0.00772. The quantitative estimate of drug-likeness (QED) is 0.692. The van der Waals surface area contributed by atoms with Crippen LogP contribution in [0, 0.1) is 16.2 Å². The van der Waals surface area contributed by atoms with Crippen LogP contribution in [0.25, 0.3) is 0 Å². The van der Waals surface area contributed by atoms with Crippen LogP contribution in [0.3, 0.4) is 0 Å². The molecule has 1 radical (unpaired) electrons. The molecular weight excluding hydrogens is 278 g/mol. The van der Waals surface area contributed by atoms with Gasteiger partial charge < -0.3 is 0 Å². The molecule has 0 saturated heterocycles. The number of nitro groups is 1. The second-order valence-corrected chi connectivity index (χ2v) is 5.46. The van der Waals surface area contributed by atoms with Gasteiger partial charge in [-0.15, -0.1) is 11.3 Å². The van der Waals surface area contributed by atoms with E-state index in [1.807, 2.05) is 13.8 Å². The Hall–Kier alpha value is -2.28. The SMILES string of the molecule is CC(C)c1cnc(NC(=O)c2c[c]c([N+](=O)[O-])cc2)s1. The number of carbonyl (C=O) groups is 1. The first-order valence-corrected chi connectivity index (χ1v) is 6.72. The molecule has 1 aromatic heterocycles. The first-order valence-electron chi connectivity index (χ1n) is 5.90. The maximum Gasteiger partial charge on any atom is 0.277 e. The lowest BCUT2D eigenvalue weighted by atomic mass is 10.2. The van der Waals surface area contributed by atoms with Crippen LogP contribution >= 0.6 is 11.3 Å². The minimum absolute atomic E-state index is 0.169. The second kappa shape index (κ2) is 5.79. The van der Waals surface area contributed by atoms with Crippen LogP contribution in [0.1, 0.15) is 35.0 Å². The van der Waals surface area contributed by atoms with Gasteiger partial charge in [0, 0.05) is 22.7 Å². The van der Waals surface area contributed by atoms with E-state index in [9.17, 15) is 14.9 Å². The monoisotopic (exact) mass is 290 g/mol. The van der Waals surface area contributed by atoms with Gasteiger partial charge in [-0.1, -0.05) is 13.8 Å². The van der Waals surface area contributed by atoms with E-state index in [0.717, 1.165) is 4.88 Å². The van der Waals surface area contributed by atoms with Crippen LogP contribution in [0.15, 0.2) is 24.4 Å².